The van der Waals surface area contributed by atoms with Gasteiger partial charge in [-0.2, -0.15) is 0 Å². The average Bonchev–Trinajstić information content (AvgIpc) is 2.33. The normalized spacial score (nSPS) is 6.40. The minimum absolute atomic E-state index is 0. The third kappa shape index (κ3) is 13.1. The van der Waals surface area contributed by atoms with Gasteiger partial charge in [-0.15, -0.1) is 6.58 Å². The second kappa shape index (κ2) is 18.8. The quantitative estimate of drug-likeness (QED) is 0.354. The zero-order valence-electron chi connectivity index (χ0n) is 8.31. The van der Waals surface area contributed by atoms with Crippen molar-refractivity contribution in [3.63, 3.8) is 0 Å². The maximum absolute atomic E-state index is 7.50. The summed E-state index contributed by atoms with van der Waals surface area (Å²) in [6, 6.07) is 10.5. The molecule has 0 bridgehead atoms. The fraction of sp³-hybridized carbons (Fsp3) is 0.167. The van der Waals surface area contributed by atoms with Crippen molar-refractivity contribution in [1.29, 1.82) is 0 Å². The molecule has 0 atom stereocenters. The van der Waals surface area contributed by atoms with Crippen molar-refractivity contribution in [3.8, 4) is 0 Å². The van der Waals surface area contributed by atoms with E-state index in [1.165, 1.54) is 5.56 Å². The number of hydrogen-bond acceptors (Lipinski definition) is 0. The molecule has 78 valence electrons. The third-order valence-corrected chi connectivity index (χ3v) is 1.48. The number of rotatable bonds is 3. The zero-order chi connectivity index (χ0) is 11.2. The van der Waals surface area contributed by atoms with Gasteiger partial charge in [0, 0.05) is 21.1 Å². The Morgan fingerprint density at radius 3 is 1.93 bits per heavy atom. The van der Waals surface area contributed by atoms with E-state index in [0.29, 0.717) is 0 Å². The van der Waals surface area contributed by atoms with Gasteiger partial charge in [-0.05, 0) is 18.4 Å². The van der Waals surface area contributed by atoms with Crippen LogP contribution in [0.4, 0.5) is 0 Å². The van der Waals surface area contributed by atoms with Gasteiger partial charge in [-0.25, -0.2) is 0 Å². The van der Waals surface area contributed by atoms with E-state index < -0.39 is 0 Å². The van der Waals surface area contributed by atoms with Gasteiger partial charge in [0.2, 0.25) is 0 Å². The summed E-state index contributed by atoms with van der Waals surface area (Å²) in [7, 11) is 0. The first-order valence-corrected chi connectivity index (χ1v) is 3.99. The molecule has 0 aliphatic heterocycles. The number of hydrogen-bond donors (Lipinski definition) is 0. The SMILES string of the molecule is C=CCCc1ccccc1.[C-]#[O+].[C-]#[O+].[Mo]. The molecular formula is C12H12MoO2. The molecule has 0 saturated carbocycles. The molecule has 0 unspecified atom stereocenters. The summed E-state index contributed by atoms with van der Waals surface area (Å²) >= 11 is 0. The molecule has 3 heteroatoms. The number of allylic oxidation sites excluding steroid dienone is 1. The third-order valence-electron chi connectivity index (χ3n) is 1.48. The van der Waals surface area contributed by atoms with Crippen LogP contribution in [0.25, 0.3) is 0 Å². The van der Waals surface area contributed by atoms with Gasteiger partial charge in [0.1, 0.15) is 0 Å². The van der Waals surface area contributed by atoms with E-state index in [9.17, 15) is 0 Å². The topological polar surface area (TPSA) is 39.8 Å². The van der Waals surface area contributed by atoms with Crippen molar-refractivity contribution in [1.82, 2.24) is 0 Å². The maximum atomic E-state index is 7.50. The van der Waals surface area contributed by atoms with Crippen LogP contribution in [0.3, 0.4) is 0 Å². The molecule has 1 aromatic rings. The van der Waals surface area contributed by atoms with Gasteiger partial charge < -0.3 is 0 Å². The summed E-state index contributed by atoms with van der Waals surface area (Å²) < 4.78 is 15.0. The van der Waals surface area contributed by atoms with Gasteiger partial charge >= 0.3 is 22.6 Å². The molecule has 0 aromatic heterocycles. The van der Waals surface area contributed by atoms with Crippen molar-refractivity contribution in [2.45, 2.75) is 12.8 Å². The molecule has 0 saturated heterocycles. The summed E-state index contributed by atoms with van der Waals surface area (Å²) in [4.78, 5) is 0. The van der Waals surface area contributed by atoms with E-state index in [1.807, 2.05) is 12.1 Å². The Labute approximate surface area is 105 Å². The maximum Gasteiger partial charge on any atom is 0 e. The molecule has 15 heavy (non-hydrogen) atoms. The van der Waals surface area contributed by atoms with Crippen LogP contribution in [0.5, 0.6) is 0 Å². The van der Waals surface area contributed by atoms with Crippen LogP contribution in [-0.4, -0.2) is 0 Å². The average molecular weight is 284 g/mol. The van der Waals surface area contributed by atoms with E-state index in [1.54, 1.807) is 0 Å². The molecule has 0 aliphatic carbocycles. The minimum atomic E-state index is 0. The smallest absolute Gasteiger partial charge is 0 e. The van der Waals surface area contributed by atoms with Gasteiger partial charge in [0.25, 0.3) is 0 Å². The molecule has 0 spiro atoms. The molecule has 0 aliphatic rings. The van der Waals surface area contributed by atoms with Gasteiger partial charge in [0.05, 0.1) is 0 Å². The van der Waals surface area contributed by atoms with Crippen LogP contribution < -0.4 is 0 Å². The number of benzene rings is 1. The van der Waals surface area contributed by atoms with Crippen LogP contribution in [-0.2, 0) is 36.8 Å². The first kappa shape index (κ1) is 19.7. The minimum Gasteiger partial charge on any atom is 0 e. The standard InChI is InChI=1S/C10H12.2CO.Mo/c1-2-3-7-10-8-5-4-6-9-10;2*1-2;/h2,4-6,8-9H,1,3,7H2;;;. The molecule has 2 nitrogen and oxygen atoms in total. The molecular weight excluding hydrogens is 272 g/mol. The molecule has 1 aromatic carbocycles. The molecule has 0 N–H and O–H groups in total. The summed E-state index contributed by atoms with van der Waals surface area (Å²) in [5.41, 5.74) is 1.39. The first-order chi connectivity index (χ1) is 6.93. The molecule has 1 rings (SSSR count). The Morgan fingerprint density at radius 2 is 1.53 bits per heavy atom. The van der Waals surface area contributed by atoms with Crippen molar-refractivity contribution >= 4 is 0 Å². The summed E-state index contributed by atoms with van der Waals surface area (Å²) in [5.74, 6) is 0. The fourth-order valence-corrected chi connectivity index (χ4v) is 0.913. The van der Waals surface area contributed by atoms with E-state index in [4.69, 9.17) is 9.30 Å². The van der Waals surface area contributed by atoms with Crippen LogP contribution in [0.15, 0.2) is 43.0 Å². The second-order valence-electron chi connectivity index (χ2n) is 2.31. The Morgan fingerprint density at radius 1 is 1.07 bits per heavy atom. The van der Waals surface area contributed by atoms with E-state index in [2.05, 4.69) is 44.1 Å². The van der Waals surface area contributed by atoms with E-state index in [-0.39, 0.29) is 21.1 Å². The Hall–Kier alpha value is -0.872. The van der Waals surface area contributed by atoms with Gasteiger partial charge in [-0.3, -0.25) is 0 Å². The summed E-state index contributed by atoms with van der Waals surface area (Å²) in [6.45, 7) is 12.7. The van der Waals surface area contributed by atoms with Crippen LogP contribution in [0.2, 0.25) is 0 Å². The van der Waals surface area contributed by atoms with Crippen molar-refractivity contribution in [3.05, 3.63) is 61.9 Å². The predicted octanol–water partition coefficient (Wildman–Crippen LogP) is 2.73. The van der Waals surface area contributed by atoms with Gasteiger partial charge in [0.15, 0.2) is 0 Å². The summed E-state index contributed by atoms with van der Waals surface area (Å²) in [6.07, 6.45) is 4.14. The monoisotopic (exact) mass is 286 g/mol. The molecule has 0 fully saturated rings. The van der Waals surface area contributed by atoms with Crippen LogP contribution >= 0.6 is 0 Å². The predicted molar refractivity (Wildman–Crippen MR) is 52.8 cm³/mol. The van der Waals surface area contributed by atoms with E-state index in [0.717, 1.165) is 12.8 Å². The van der Waals surface area contributed by atoms with E-state index >= 15 is 0 Å². The fourth-order valence-electron chi connectivity index (χ4n) is 0.913. The van der Waals surface area contributed by atoms with Crippen molar-refractivity contribution in [2.75, 3.05) is 0 Å². The number of aryl methyl sites for hydroxylation is 1. The second-order valence-corrected chi connectivity index (χ2v) is 2.31. The summed E-state index contributed by atoms with van der Waals surface area (Å²) in [5, 5.41) is 0. The Balaban J connectivity index is -0.000000258. The van der Waals surface area contributed by atoms with Crippen molar-refractivity contribution < 1.29 is 30.4 Å². The Bertz CT molecular complexity index is 259. The van der Waals surface area contributed by atoms with Crippen LogP contribution in [0.1, 0.15) is 12.0 Å². The largest absolute Gasteiger partial charge is 0 e. The Kier molecular flexibility index (Phi) is 24.7. The van der Waals surface area contributed by atoms with Gasteiger partial charge in [-0.1, -0.05) is 36.4 Å². The molecule has 0 amide bonds. The van der Waals surface area contributed by atoms with Crippen LogP contribution in [0, 0.1) is 13.3 Å². The molecule has 0 heterocycles. The van der Waals surface area contributed by atoms with Crippen molar-refractivity contribution in [2.24, 2.45) is 0 Å². The first-order valence-electron chi connectivity index (χ1n) is 3.99. The molecule has 0 radical (unpaired) electrons. The zero-order valence-corrected chi connectivity index (χ0v) is 10.3.